The highest BCUT2D eigenvalue weighted by Gasteiger charge is 2.50. The first kappa shape index (κ1) is 26.3. The number of benzene rings is 2. The summed E-state index contributed by atoms with van der Waals surface area (Å²) in [6.45, 7) is 6.82. The number of sulfonamides is 1. The molecule has 0 amide bonds. The summed E-state index contributed by atoms with van der Waals surface area (Å²) in [5.41, 5.74) is 4.51. The molecule has 6 rings (SSSR count). The molecule has 0 spiro atoms. The molecule has 38 heavy (non-hydrogen) atoms. The van der Waals surface area contributed by atoms with Crippen LogP contribution in [-0.2, 0) is 22.0 Å². The molecule has 6 nitrogen and oxygen atoms in total. The van der Waals surface area contributed by atoms with Crippen molar-refractivity contribution in [1.29, 1.82) is 0 Å². The maximum Gasteiger partial charge on any atom is 0.242 e. The van der Waals surface area contributed by atoms with Gasteiger partial charge in [0.15, 0.2) is 0 Å². The number of nitrogens with zero attached hydrogens (tertiary/aromatic N) is 3. The average Bonchev–Trinajstić information content (AvgIpc) is 3.46. The van der Waals surface area contributed by atoms with Crippen LogP contribution in [0.15, 0.2) is 53.4 Å². The number of likely N-dealkylation sites (tertiary alicyclic amines) is 1. The number of fused-ring (bicyclic) bond motifs is 1. The maximum atomic E-state index is 12.4. The Labute approximate surface area is 229 Å². The topological polar surface area (TPSA) is 55.9 Å². The lowest BCUT2D eigenvalue weighted by Gasteiger charge is -2.53. The summed E-state index contributed by atoms with van der Waals surface area (Å²) in [5.74, 6) is 2.19. The molecule has 1 saturated carbocycles. The van der Waals surface area contributed by atoms with Gasteiger partial charge in [-0.3, -0.25) is 0 Å². The smallest absolute Gasteiger partial charge is 0.242 e. The van der Waals surface area contributed by atoms with E-state index < -0.39 is 10.0 Å². The second-order valence-corrected chi connectivity index (χ2v) is 14.5. The quantitative estimate of drug-likeness (QED) is 0.571. The molecule has 4 aliphatic rings. The zero-order valence-corrected chi connectivity index (χ0v) is 23.9. The number of anilines is 1. The highest BCUT2D eigenvalue weighted by Crippen LogP contribution is 2.50. The number of rotatable bonds is 7. The highest BCUT2D eigenvalue weighted by atomic mass is 32.2. The van der Waals surface area contributed by atoms with Crippen molar-refractivity contribution in [3.63, 3.8) is 0 Å². The lowest BCUT2D eigenvalue weighted by molar-refractivity contribution is 0.0492. The monoisotopic (exact) mass is 536 g/mol. The first-order valence-corrected chi connectivity index (χ1v) is 16.2. The van der Waals surface area contributed by atoms with Crippen molar-refractivity contribution in [3.8, 4) is 0 Å². The Bertz CT molecular complexity index is 1210. The summed E-state index contributed by atoms with van der Waals surface area (Å²) in [6.07, 6.45) is 9.27. The van der Waals surface area contributed by atoms with E-state index in [-0.39, 0.29) is 5.54 Å². The first-order valence-electron chi connectivity index (χ1n) is 14.7. The molecule has 1 N–H and O–H groups in total. The van der Waals surface area contributed by atoms with E-state index in [2.05, 4.69) is 39.4 Å². The zero-order chi connectivity index (χ0) is 26.3. The van der Waals surface area contributed by atoms with E-state index in [9.17, 15) is 8.42 Å². The van der Waals surface area contributed by atoms with Crippen LogP contribution in [0.1, 0.15) is 49.7 Å². The maximum absolute atomic E-state index is 12.4. The predicted molar refractivity (Wildman–Crippen MR) is 154 cm³/mol. The fourth-order valence-electron chi connectivity index (χ4n) is 7.96. The van der Waals surface area contributed by atoms with Crippen molar-refractivity contribution in [2.24, 2.45) is 17.8 Å². The largest absolute Gasteiger partial charge is 0.371 e. The van der Waals surface area contributed by atoms with Crippen LogP contribution < -0.4 is 10.2 Å². The molecule has 206 valence electrons. The minimum Gasteiger partial charge on any atom is -0.371 e. The van der Waals surface area contributed by atoms with Crippen molar-refractivity contribution in [3.05, 3.63) is 59.7 Å². The summed E-state index contributed by atoms with van der Waals surface area (Å²) in [5, 5.41) is 4.16. The van der Waals surface area contributed by atoms with E-state index in [1.807, 2.05) is 12.1 Å². The number of hydrogen-bond acceptors (Lipinski definition) is 5. The normalized spacial score (nSPS) is 26.0. The van der Waals surface area contributed by atoms with Crippen molar-refractivity contribution in [1.82, 2.24) is 14.5 Å². The van der Waals surface area contributed by atoms with Crippen LogP contribution in [-0.4, -0.2) is 71.0 Å². The van der Waals surface area contributed by atoms with E-state index in [0.29, 0.717) is 10.8 Å². The summed E-state index contributed by atoms with van der Waals surface area (Å²) in [4.78, 5) is 5.45. The van der Waals surface area contributed by atoms with Gasteiger partial charge in [0.2, 0.25) is 10.0 Å². The van der Waals surface area contributed by atoms with Crippen molar-refractivity contribution < 1.29 is 8.42 Å². The van der Waals surface area contributed by atoms with Crippen LogP contribution in [0.25, 0.3) is 0 Å². The predicted octanol–water partition coefficient (Wildman–Crippen LogP) is 4.32. The van der Waals surface area contributed by atoms with Gasteiger partial charge in [0.1, 0.15) is 0 Å². The molecule has 3 fully saturated rings. The SMILES string of the molecule is CN(C)S(=O)(=O)c1ccc(N2CC(CN3CCC(C4(C5CCCC5)NCCc5ccccc54)CC3)C2)cc1. The first-order chi connectivity index (χ1) is 18.4. The number of nitrogens with one attached hydrogen (secondary N) is 1. The van der Waals surface area contributed by atoms with Gasteiger partial charge in [-0.1, -0.05) is 37.1 Å². The van der Waals surface area contributed by atoms with Gasteiger partial charge in [-0.25, -0.2) is 12.7 Å². The number of piperidine rings is 1. The fourth-order valence-corrected chi connectivity index (χ4v) is 8.86. The molecule has 3 aliphatic heterocycles. The molecule has 0 aromatic heterocycles. The third-order valence-corrected chi connectivity index (χ3v) is 11.8. The molecule has 2 saturated heterocycles. The van der Waals surface area contributed by atoms with Crippen LogP contribution in [0.2, 0.25) is 0 Å². The lowest BCUT2D eigenvalue weighted by Crippen LogP contribution is -2.59. The Kier molecular flexibility index (Phi) is 7.31. The summed E-state index contributed by atoms with van der Waals surface area (Å²) >= 11 is 0. The number of hydrogen-bond donors (Lipinski definition) is 1. The molecule has 2 aromatic rings. The summed E-state index contributed by atoms with van der Waals surface area (Å²) in [7, 11) is -0.224. The van der Waals surface area contributed by atoms with Gasteiger partial charge >= 0.3 is 0 Å². The van der Waals surface area contributed by atoms with E-state index in [4.69, 9.17) is 0 Å². The molecular weight excluding hydrogens is 492 g/mol. The third kappa shape index (κ3) is 4.70. The van der Waals surface area contributed by atoms with Crippen LogP contribution in [0.3, 0.4) is 0 Å². The second-order valence-electron chi connectivity index (χ2n) is 12.3. The van der Waals surface area contributed by atoms with Gasteiger partial charge < -0.3 is 15.1 Å². The van der Waals surface area contributed by atoms with Crippen molar-refractivity contribution >= 4 is 15.7 Å². The Balaban J connectivity index is 1.05. The molecular formula is C31H44N4O2S. The molecule has 1 unspecified atom stereocenters. The molecule has 0 bridgehead atoms. The van der Waals surface area contributed by atoms with Crippen LogP contribution in [0.5, 0.6) is 0 Å². The van der Waals surface area contributed by atoms with E-state index >= 15 is 0 Å². The standard InChI is InChI=1S/C31H44N4O2S/c1-33(2)38(36,37)29-13-11-28(12-14-29)35-22-24(23-35)21-34-19-16-27(17-20-34)31(26-8-4-5-9-26)30-10-6-3-7-25(30)15-18-32-31/h3,6-7,10-14,24,26-27,32H,4-5,8-9,15-23H2,1-2H3. The van der Waals surface area contributed by atoms with E-state index in [1.54, 1.807) is 37.4 Å². The van der Waals surface area contributed by atoms with Gasteiger partial charge in [0, 0.05) is 57.4 Å². The third-order valence-electron chi connectivity index (χ3n) is 9.96. The van der Waals surface area contributed by atoms with Crippen molar-refractivity contribution in [2.75, 3.05) is 58.3 Å². The Morgan fingerprint density at radius 3 is 2.26 bits per heavy atom. The van der Waals surface area contributed by atoms with Gasteiger partial charge in [0.05, 0.1) is 4.90 Å². The highest BCUT2D eigenvalue weighted by molar-refractivity contribution is 7.89. The minimum atomic E-state index is -3.37. The van der Waals surface area contributed by atoms with Crippen molar-refractivity contribution in [2.45, 2.75) is 55.4 Å². The summed E-state index contributed by atoms with van der Waals surface area (Å²) < 4.78 is 26.0. The van der Waals surface area contributed by atoms with Crippen LogP contribution >= 0.6 is 0 Å². The van der Waals surface area contributed by atoms with Gasteiger partial charge in [-0.15, -0.1) is 0 Å². The Morgan fingerprint density at radius 2 is 1.58 bits per heavy atom. The molecule has 2 aromatic carbocycles. The Hall–Kier alpha value is -1.93. The zero-order valence-electron chi connectivity index (χ0n) is 23.1. The van der Waals surface area contributed by atoms with Crippen LogP contribution in [0.4, 0.5) is 5.69 Å². The fraction of sp³-hybridized carbons (Fsp3) is 0.613. The van der Waals surface area contributed by atoms with Gasteiger partial charge in [-0.05, 0) is 92.4 Å². The summed E-state index contributed by atoms with van der Waals surface area (Å²) in [6, 6.07) is 16.7. The molecule has 0 radical (unpaired) electrons. The average molecular weight is 537 g/mol. The molecule has 3 heterocycles. The lowest BCUT2D eigenvalue weighted by atomic mass is 9.63. The van der Waals surface area contributed by atoms with E-state index in [0.717, 1.165) is 43.6 Å². The Morgan fingerprint density at radius 1 is 0.921 bits per heavy atom. The minimum absolute atomic E-state index is 0.178. The van der Waals surface area contributed by atoms with Gasteiger partial charge in [-0.2, -0.15) is 0 Å². The second kappa shape index (κ2) is 10.6. The van der Waals surface area contributed by atoms with Crippen LogP contribution in [0, 0.1) is 17.8 Å². The molecule has 7 heteroatoms. The molecule has 1 aliphatic carbocycles. The van der Waals surface area contributed by atoms with E-state index in [1.165, 1.54) is 62.5 Å². The van der Waals surface area contributed by atoms with Gasteiger partial charge in [0.25, 0.3) is 0 Å². The molecule has 1 atom stereocenters.